The molecule has 1 aromatic heterocycles. The lowest BCUT2D eigenvalue weighted by atomic mass is 9.75. The number of hydrogen-bond donors (Lipinski definition) is 0. The van der Waals surface area contributed by atoms with E-state index in [4.69, 9.17) is 0 Å². The van der Waals surface area contributed by atoms with E-state index in [0.29, 0.717) is 17.5 Å². The normalized spacial score (nSPS) is 31.9. The fourth-order valence-corrected chi connectivity index (χ4v) is 5.68. The molecule has 148 valence electrons. The summed E-state index contributed by atoms with van der Waals surface area (Å²) in [5, 5.41) is 0. The summed E-state index contributed by atoms with van der Waals surface area (Å²) in [6, 6.07) is 5.27. The maximum atomic E-state index is 14.7. The van der Waals surface area contributed by atoms with Crippen molar-refractivity contribution < 1.29 is 8.78 Å². The van der Waals surface area contributed by atoms with Gasteiger partial charge in [0.25, 0.3) is 0 Å². The molecule has 3 atom stereocenters. The van der Waals surface area contributed by atoms with E-state index >= 15 is 0 Å². The van der Waals surface area contributed by atoms with Crippen molar-refractivity contribution in [2.75, 3.05) is 19.6 Å². The Hall–Kier alpha value is -1.92. The van der Waals surface area contributed by atoms with Gasteiger partial charge in [-0.15, -0.1) is 0 Å². The molecule has 5 heterocycles. The quantitative estimate of drug-likeness (QED) is 0.809. The molecule has 4 aliphatic heterocycles. The highest BCUT2D eigenvalue weighted by atomic mass is 19.2. The number of piperidine rings is 3. The molecule has 0 amide bonds. The summed E-state index contributed by atoms with van der Waals surface area (Å²) in [5.41, 5.74) is 1.62. The molecule has 4 nitrogen and oxygen atoms in total. The van der Waals surface area contributed by atoms with Gasteiger partial charge in [-0.1, -0.05) is 19.1 Å². The predicted octanol–water partition coefficient (Wildman–Crippen LogP) is 3.38. The van der Waals surface area contributed by atoms with Crippen molar-refractivity contribution in [1.29, 1.82) is 0 Å². The molecule has 28 heavy (non-hydrogen) atoms. The smallest absolute Gasteiger partial charge is 0.162 e. The second-order valence-corrected chi connectivity index (χ2v) is 8.39. The molecular formula is C22H26F2N4. The van der Waals surface area contributed by atoms with E-state index in [2.05, 4.69) is 19.8 Å². The molecule has 2 bridgehead atoms. The first-order chi connectivity index (χ1) is 13.7. The van der Waals surface area contributed by atoms with E-state index in [1.54, 1.807) is 12.1 Å². The summed E-state index contributed by atoms with van der Waals surface area (Å²) in [5.74, 6) is 0.0658. The minimum atomic E-state index is -0.743. The van der Waals surface area contributed by atoms with Gasteiger partial charge in [0.1, 0.15) is 5.82 Å². The molecule has 4 saturated heterocycles. The average molecular weight is 384 g/mol. The van der Waals surface area contributed by atoms with E-state index in [0.717, 1.165) is 44.0 Å². The lowest BCUT2D eigenvalue weighted by Crippen LogP contribution is -2.60. The van der Waals surface area contributed by atoms with Gasteiger partial charge < -0.3 is 0 Å². The molecule has 0 unspecified atom stereocenters. The van der Waals surface area contributed by atoms with Crippen molar-refractivity contribution >= 4 is 0 Å². The van der Waals surface area contributed by atoms with Crippen LogP contribution in [0.3, 0.4) is 0 Å². The second-order valence-electron chi connectivity index (χ2n) is 8.39. The third kappa shape index (κ3) is 2.94. The van der Waals surface area contributed by atoms with Crippen molar-refractivity contribution in [3.8, 4) is 0 Å². The average Bonchev–Trinajstić information content (AvgIpc) is 3.13. The molecule has 4 aliphatic rings. The van der Waals surface area contributed by atoms with Crippen LogP contribution in [0, 0.1) is 17.6 Å². The van der Waals surface area contributed by atoms with Gasteiger partial charge in [0, 0.05) is 55.5 Å². The number of fused-ring (bicyclic) bond motifs is 2. The molecule has 0 saturated carbocycles. The molecule has 2 aromatic rings. The Bertz CT molecular complexity index is 848. The van der Waals surface area contributed by atoms with Crippen LogP contribution in [0.15, 0.2) is 30.6 Å². The predicted molar refractivity (Wildman–Crippen MR) is 103 cm³/mol. The van der Waals surface area contributed by atoms with Gasteiger partial charge in [-0.2, -0.15) is 0 Å². The zero-order valence-corrected chi connectivity index (χ0v) is 16.2. The minimum absolute atomic E-state index is 0.000339. The maximum absolute atomic E-state index is 14.7. The second kappa shape index (κ2) is 7.16. The number of aryl methyl sites for hydroxylation is 1. The van der Waals surface area contributed by atoms with Crippen LogP contribution in [-0.2, 0) is 13.0 Å². The molecule has 6 heteroatoms. The summed E-state index contributed by atoms with van der Waals surface area (Å²) >= 11 is 0. The Morgan fingerprint density at radius 3 is 2.54 bits per heavy atom. The highest BCUT2D eigenvalue weighted by Crippen LogP contribution is 2.47. The summed E-state index contributed by atoms with van der Waals surface area (Å²) < 4.78 is 28.6. The Labute approximate surface area is 164 Å². The summed E-state index contributed by atoms with van der Waals surface area (Å²) in [6.45, 7) is 5.70. The zero-order chi connectivity index (χ0) is 19.3. The van der Waals surface area contributed by atoms with Crippen LogP contribution in [0.4, 0.5) is 8.78 Å². The van der Waals surface area contributed by atoms with Crippen molar-refractivity contribution in [1.82, 2.24) is 19.8 Å². The number of likely N-dealkylation sites (tertiary alicyclic amines) is 1. The Kier molecular flexibility index (Phi) is 4.63. The van der Waals surface area contributed by atoms with E-state index in [9.17, 15) is 8.78 Å². The molecule has 0 aliphatic carbocycles. The third-order valence-electron chi connectivity index (χ3n) is 6.94. The van der Waals surface area contributed by atoms with Gasteiger partial charge in [-0.3, -0.25) is 9.80 Å². The van der Waals surface area contributed by atoms with Crippen molar-refractivity contribution in [3.05, 3.63) is 59.2 Å². The van der Waals surface area contributed by atoms with Crippen LogP contribution in [0.25, 0.3) is 0 Å². The van der Waals surface area contributed by atoms with Gasteiger partial charge >= 0.3 is 0 Å². The van der Waals surface area contributed by atoms with Crippen LogP contribution < -0.4 is 0 Å². The van der Waals surface area contributed by atoms with Gasteiger partial charge in [0.15, 0.2) is 11.6 Å². The van der Waals surface area contributed by atoms with E-state index < -0.39 is 11.6 Å². The molecule has 0 N–H and O–H groups in total. The third-order valence-corrected chi connectivity index (χ3v) is 6.94. The fourth-order valence-electron chi connectivity index (χ4n) is 5.68. The van der Waals surface area contributed by atoms with Crippen molar-refractivity contribution in [2.45, 2.75) is 50.7 Å². The van der Waals surface area contributed by atoms with Crippen LogP contribution in [0.5, 0.6) is 0 Å². The number of benzene rings is 1. The van der Waals surface area contributed by atoms with Gasteiger partial charge in [0.05, 0.1) is 0 Å². The maximum Gasteiger partial charge on any atom is 0.162 e. The Balaban J connectivity index is 1.47. The van der Waals surface area contributed by atoms with E-state index in [-0.39, 0.29) is 12.0 Å². The molecule has 0 radical (unpaired) electrons. The van der Waals surface area contributed by atoms with Crippen LogP contribution in [0.2, 0.25) is 0 Å². The first-order valence-corrected chi connectivity index (χ1v) is 10.4. The first-order valence-electron chi connectivity index (χ1n) is 10.4. The molecule has 4 fully saturated rings. The monoisotopic (exact) mass is 384 g/mol. The van der Waals surface area contributed by atoms with E-state index in [1.807, 2.05) is 19.3 Å². The van der Waals surface area contributed by atoms with Crippen molar-refractivity contribution in [2.24, 2.45) is 5.92 Å². The van der Waals surface area contributed by atoms with Gasteiger partial charge in [-0.05, 0) is 43.5 Å². The van der Waals surface area contributed by atoms with Gasteiger partial charge in [0.2, 0.25) is 0 Å². The summed E-state index contributed by atoms with van der Waals surface area (Å²) in [4.78, 5) is 13.9. The van der Waals surface area contributed by atoms with E-state index in [1.165, 1.54) is 18.9 Å². The van der Waals surface area contributed by atoms with Gasteiger partial charge in [-0.25, -0.2) is 18.7 Å². The molecule has 0 spiro atoms. The topological polar surface area (TPSA) is 32.3 Å². The van der Waals surface area contributed by atoms with Crippen LogP contribution in [-0.4, -0.2) is 51.5 Å². The lowest BCUT2D eigenvalue weighted by molar-refractivity contribution is -0.00893. The lowest BCUT2D eigenvalue weighted by Gasteiger charge is -2.51. The molecule has 1 aromatic carbocycles. The molecular weight excluding hydrogens is 358 g/mol. The highest BCUT2D eigenvalue weighted by Gasteiger charge is 2.53. The summed E-state index contributed by atoms with van der Waals surface area (Å²) in [7, 11) is 0. The summed E-state index contributed by atoms with van der Waals surface area (Å²) in [6.07, 6.45) is 7.05. The number of hydrogen-bond acceptors (Lipinski definition) is 4. The fraction of sp³-hybridized carbons (Fsp3) is 0.545. The Morgan fingerprint density at radius 2 is 1.82 bits per heavy atom. The number of aromatic nitrogens is 2. The van der Waals surface area contributed by atoms with Crippen LogP contribution >= 0.6 is 0 Å². The minimum Gasteiger partial charge on any atom is -0.298 e. The number of nitrogens with zero attached hydrogens (tertiary/aromatic N) is 4. The standard InChI is InChI=1S/C22H26F2N4/c1-2-19-25-10-14(11-26-19)12-28-13-17(16-4-3-5-18(23)20(16)24)22-21(28)15-6-8-27(22)9-7-15/h3-5,10-11,15,17,21-22H,2,6-9,12-13H2,1H3/t17-,21+,22+/m0/s1. The first kappa shape index (κ1) is 18.1. The number of halogens is 2. The Morgan fingerprint density at radius 1 is 1.07 bits per heavy atom. The largest absolute Gasteiger partial charge is 0.298 e. The van der Waals surface area contributed by atoms with Crippen LogP contribution in [0.1, 0.15) is 42.6 Å². The zero-order valence-electron chi connectivity index (χ0n) is 16.2. The SMILES string of the molecule is CCc1ncc(CN2C[C@@H](c3cccc(F)c3F)[C@@H]3[C@H]2C2CCN3CC2)cn1. The van der Waals surface area contributed by atoms with Crippen molar-refractivity contribution in [3.63, 3.8) is 0 Å². The highest BCUT2D eigenvalue weighted by molar-refractivity contribution is 5.29. The number of rotatable bonds is 4. The molecule has 6 rings (SSSR count).